The van der Waals surface area contributed by atoms with Gasteiger partial charge in [0.25, 0.3) is 0 Å². The number of fused-ring (bicyclic) bond motifs is 2. The molecule has 3 aromatic rings. The molecule has 0 saturated heterocycles. The van der Waals surface area contributed by atoms with Gasteiger partial charge in [0.15, 0.2) is 0 Å². The average Bonchev–Trinajstić information content (AvgIpc) is 3.36. The van der Waals surface area contributed by atoms with E-state index in [1.807, 2.05) is 18.2 Å². The second-order valence-corrected chi connectivity index (χ2v) is 8.59. The zero-order valence-corrected chi connectivity index (χ0v) is 15.2. The van der Waals surface area contributed by atoms with Crippen LogP contribution in [0.4, 0.5) is 5.69 Å². The molecule has 6 rings (SSSR count). The predicted octanol–water partition coefficient (Wildman–Crippen LogP) is 4.05. The van der Waals surface area contributed by atoms with E-state index >= 15 is 0 Å². The van der Waals surface area contributed by atoms with Crippen molar-refractivity contribution in [3.8, 4) is 6.07 Å². The summed E-state index contributed by atoms with van der Waals surface area (Å²) in [5.41, 5.74) is 6.47. The van der Waals surface area contributed by atoms with Gasteiger partial charge in [0, 0.05) is 6.54 Å². The fourth-order valence-electron chi connectivity index (χ4n) is 5.13. The summed E-state index contributed by atoms with van der Waals surface area (Å²) >= 11 is 0. The van der Waals surface area contributed by atoms with Gasteiger partial charge in [-0.2, -0.15) is 5.26 Å². The second-order valence-electron chi connectivity index (χ2n) is 8.59. The minimum Gasteiger partial charge on any atom is -0.384 e. The van der Waals surface area contributed by atoms with E-state index in [1.54, 1.807) is 0 Å². The van der Waals surface area contributed by atoms with E-state index in [-0.39, 0.29) is 5.41 Å². The summed E-state index contributed by atoms with van der Waals surface area (Å²) < 4.78 is 0. The lowest BCUT2D eigenvalue weighted by molar-refractivity contribution is 0.145. The number of anilines is 1. The van der Waals surface area contributed by atoms with Crippen LogP contribution in [0.2, 0.25) is 0 Å². The summed E-state index contributed by atoms with van der Waals surface area (Å²) in [5.74, 6) is 1.02. The molecule has 1 aliphatic heterocycles. The van der Waals surface area contributed by atoms with Crippen LogP contribution in [0.5, 0.6) is 0 Å². The summed E-state index contributed by atoms with van der Waals surface area (Å²) in [5, 5.41) is 12.7. The molecule has 2 saturated carbocycles. The molecule has 5 nitrogen and oxygen atoms in total. The minimum absolute atomic E-state index is 0.116. The Bertz CT molecular complexity index is 1110. The SMILES string of the molecule is N#Cc1ccc2nc(C3(c4ccc5c(n4)CCCN5)CC4(CC4)C3)[nH]c2c1. The average molecular weight is 355 g/mol. The van der Waals surface area contributed by atoms with E-state index in [0.717, 1.165) is 54.8 Å². The minimum atomic E-state index is -0.116. The van der Waals surface area contributed by atoms with Gasteiger partial charge in [0.05, 0.1) is 45.2 Å². The number of imidazole rings is 1. The molecule has 1 aromatic carbocycles. The Labute approximate surface area is 157 Å². The van der Waals surface area contributed by atoms with E-state index in [9.17, 15) is 5.26 Å². The molecule has 3 aliphatic rings. The van der Waals surface area contributed by atoms with Crippen molar-refractivity contribution < 1.29 is 0 Å². The van der Waals surface area contributed by atoms with Crippen molar-refractivity contribution in [3.05, 3.63) is 53.1 Å². The molecule has 0 bridgehead atoms. The molecule has 3 heterocycles. The highest BCUT2D eigenvalue weighted by atomic mass is 15.0. The molecule has 0 unspecified atom stereocenters. The fourth-order valence-corrected chi connectivity index (χ4v) is 5.13. The fraction of sp³-hybridized carbons (Fsp3) is 0.409. The highest BCUT2D eigenvalue weighted by Crippen LogP contribution is 2.70. The van der Waals surface area contributed by atoms with Crippen LogP contribution in [0.25, 0.3) is 11.0 Å². The highest BCUT2D eigenvalue weighted by molar-refractivity contribution is 5.77. The van der Waals surface area contributed by atoms with Gasteiger partial charge in [0.1, 0.15) is 5.82 Å². The van der Waals surface area contributed by atoms with Crippen LogP contribution in [0.15, 0.2) is 30.3 Å². The Morgan fingerprint density at radius 3 is 2.78 bits per heavy atom. The maximum Gasteiger partial charge on any atom is 0.119 e. The number of aryl methyl sites for hydroxylation is 1. The van der Waals surface area contributed by atoms with Crippen molar-refractivity contribution in [1.82, 2.24) is 15.0 Å². The quantitative estimate of drug-likeness (QED) is 0.727. The molecule has 1 spiro atoms. The normalized spacial score (nSPS) is 21.1. The predicted molar refractivity (Wildman–Crippen MR) is 104 cm³/mol. The Kier molecular flexibility index (Phi) is 2.87. The summed E-state index contributed by atoms with van der Waals surface area (Å²) in [7, 11) is 0. The molecule has 0 atom stereocenters. The monoisotopic (exact) mass is 355 g/mol. The first-order chi connectivity index (χ1) is 13.2. The van der Waals surface area contributed by atoms with Gasteiger partial charge in [-0.05, 0) is 74.3 Å². The number of nitriles is 1. The molecule has 5 heteroatoms. The molecule has 2 aliphatic carbocycles. The molecule has 2 N–H and O–H groups in total. The summed E-state index contributed by atoms with van der Waals surface area (Å²) in [4.78, 5) is 13.6. The van der Waals surface area contributed by atoms with Crippen molar-refractivity contribution in [2.75, 3.05) is 11.9 Å². The standard InChI is InChI=1S/C22H21N5/c23-11-14-3-4-17-18(10-14)27-20(26-17)22(12-21(13-22)7-8-21)19-6-5-15-16(25-19)2-1-9-24-15/h3-6,10,24H,1-2,7-9,12-13H2,(H,26,27). The third kappa shape index (κ3) is 2.16. The van der Waals surface area contributed by atoms with Gasteiger partial charge in [-0.3, -0.25) is 4.98 Å². The molecular weight excluding hydrogens is 334 g/mol. The van der Waals surface area contributed by atoms with E-state index in [2.05, 4.69) is 28.5 Å². The van der Waals surface area contributed by atoms with Gasteiger partial charge in [-0.1, -0.05) is 0 Å². The number of hydrogen-bond acceptors (Lipinski definition) is 4. The first kappa shape index (κ1) is 15.2. The van der Waals surface area contributed by atoms with Gasteiger partial charge in [-0.15, -0.1) is 0 Å². The number of aromatic nitrogens is 3. The lowest BCUT2D eigenvalue weighted by Crippen LogP contribution is -2.45. The number of pyridine rings is 1. The zero-order valence-electron chi connectivity index (χ0n) is 15.2. The molecule has 2 aromatic heterocycles. The molecular formula is C22H21N5. The number of nitrogens with zero attached hydrogens (tertiary/aromatic N) is 3. The number of hydrogen-bond donors (Lipinski definition) is 2. The molecule has 2 fully saturated rings. The Morgan fingerprint density at radius 1 is 1.07 bits per heavy atom. The van der Waals surface area contributed by atoms with Crippen LogP contribution in [0.1, 0.15) is 54.9 Å². The van der Waals surface area contributed by atoms with E-state index in [1.165, 1.54) is 24.2 Å². The van der Waals surface area contributed by atoms with E-state index in [0.29, 0.717) is 11.0 Å². The zero-order chi connectivity index (χ0) is 18.1. The number of H-pyrrole nitrogens is 1. The van der Waals surface area contributed by atoms with E-state index in [4.69, 9.17) is 9.97 Å². The van der Waals surface area contributed by atoms with Crippen molar-refractivity contribution in [2.24, 2.45) is 5.41 Å². The third-order valence-corrected chi connectivity index (χ3v) is 6.75. The van der Waals surface area contributed by atoms with Crippen molar-refractivity contribution in [2.45, 2.75) is 43.9 Å². The van der Waals surface area contributed by atoms with E-state index < -0.39 is 0 Å². The number of nitrogens with one attached hydrogen (secondary N) is 2. The number of rotatable bonds is 2. The van der Waals surface area contributed by atoms with Crippen LogP contribution in [0.3, 0.4) is 0 Å². The first-order valence-corrected chi connectivity index (χ1v) is 9.85. The maximum absolute atomic E-state index is 9.19. The van der Waals surface area contributed by atoms with Crippen molar-refractivity contribution in [3.63, 3.8) is 0 Å². The summed E-state index contributed by atoms with van der Waals surface area (Å²) in [6, 6.07) is 12.3. The summed E-state index contributed by atoms with van der Waals surface area (Å²) in [6.45, 7) is 1.03. The smallest absolute Gasteiger partial charge is 0.119 e. The highest BCUT2D eigenvalue weighted by Gasteiger charge is 2.64. The van der Waals surface area contributed by atoms with Crippen LogP contribution < -0.4 is 5.32 Å². The number of aromatic amines is 1. The molecule has 27 heavy (non-hydrogen) atoms. The Balaban J connectivity index is 1.49. The van der Waals surface area contributed by atoms with Crippen molar-refractivity contribution in [1.29, 1.82) is 5.26 Å². The Morgan fingerprint density at radius 2 is 1.96 bits per heavy atom. The lowest BCUT2D eigenvalue weighted by atomic mass is 9.57. The van der Waals surface area contributed by atoms with Gasteiger partial charge in [-0.25, -0.2) is 4.98 Å². The van der Waals surface area contributed by atoms with Crippen LogP contribution in [-0.2, 0) is 11.8 Å². The second kappa shape index (κ2) is 5.10. The van der Waals surface area contributed by atoms with Crippen LogP contribution >= 0.6 is 0 Å². The van der Waals surface area contributed by atoms with Gasteiger partial charge >= 0.3 is 0 Å². The lowest BCUT2D eigenvalue weighted by Gasteiger charge is -2.47. The largest absolute Gasteiger partial charge is 0.384 e. The van der Waals surface area contributed by atoms with Crippen LogP contribution in [0, 0.1) is 16.7 Å². The molecule has 134 valence electrons. The number of benzene rings is 1. The third-order valence-electron chi connectivity index (χ3n) is 6.75. The summed E-state index contributed by atoms with van der Waals surface area (Å²) in [6.07, 6.45) is 7.11. The topological polar surface area (TPSA) is 77.4 Å². The molecule has 0 amide bonds. The van der Waals surface area contributed by atoms with Gasteiger partial charge in [0.2, 0.25) is 0 Å². The van der Waals surface area contributed by atoms with Crippen LogP contribution in [-0.4, -0.2) is 21.5 Å². The van der Waals surface area contributed by atoms with Crippen molar-refractivity contribution >= 4 is 16.7 Å². The molecule has 0 radical (unpaired) electrons. The maximum atomic E-state index is 9.19. The first-order valence-electron chi connectivity index (χ1n) is 9.85. The Hall–Kier alpha value is -2.87. The van der Waals surface area contributed by atoms with Gasteiger partial charge < -0.3 is 10.3 Å².